The summed E-state index contributed by atoms with van der Waals surface area (Å²) in [6.45, 7) is 0. The van der Waals surface area contributed by atoms with Crippen LogP contribution < -0.4 is 0 Å². The lowest BCUT2D eigenvalue weighted by Crippen LogP contribution is -2.03. The Labute approximate surface area is 168 Å². The second-order valence-corrected chi connectivity index (χ2v) is 7.09. The Bertz CT molecular complexity index is 1360. The lowest BCUT2D eigenvalue weighted by Gasteiger charge is -2.15. The Kier molecular flexibility index (Phi) is 4.10. The maximum atomic E-state index is 13.2. The van der Waals surface area contributed by atoms with Crippen LogP contribution in [-0.4, -0.2) is 10.9 Å². The highest BCUT2D eigenvalue weighted by molar-refractivity contribution is 6.17. The van der Waals surface area contributed by atoms with E-state index in [-0.39, 0.29) is 11.5 Å². The second kappa shape index (κ2) is 6.92. The van der Waals surface area contributed by atoms with Gasteiger partial charge in [0.05, 0.1) is 5.56 Å². The predicted octanol–water partition coefficient (Wildman–Crippen LogP) is 6.60. The van der Waals surface area contributed by atoms with Crippen molar-refractivity contribution < 1.29 is 9.90 Å². The summed E-state index contributed by atoms with van der Waals surface area (Å²) in [6.07, 6.45) is 0. The van der Waals surface area contributed by atoms with Crippen LogP contribution in [0.15, 0.2) is 103 Å². The minimum atomic E-state index is -0.185. The van der Waals surface area contributed by atoms with E-state index >= 15 is 0 Å². The average Bonchev–Trinajstić information content (AvgIpc) is 2.79. The fourth-order valence-corrected chi connectivity index (χ4v) is 3.97. The largest absolute Gasteiger partial charge is 0.507 e. The molecule has 1 N–H and O–H groups in total. The van der Waals surface area contributed by atoms with Gasteiger partial charge in [0, 0.05) is 11.1 Å². The highest BCUT2D eigenvalue weighted by Crippen LogP contribution is 2.42. The van der Waals surface area contributed by atoms with E-state index in [9.17, 15) is 9.90 Å². The lowest BCUT2D eigenvalue weighted by atomic mass is 9.89. The molecule has 5 aromatic rings. The van der Waals surface area contributed by atoms with Crippen LogP contribution in [0.3, 0.4) is 0 Å². The summed E-state index contributed by atoms with van der Waals surface area (Å²) in [6, 6.07) is 32.9. The van der Waals surface area contributed by atoms with Crippen LogP contribution in [-0.2, 0) is 0 Å². The minimum absolute atomic E-state index is 0.0221. The average molecular weight is 374 g/mol. The predicted molar refractivity (Wildman–Crippen MR) is 118 cm³/mol. The van der Waals surface area contributed by atoms with E-state index in [0.717, 1.165) is 27.1 Å². The number of carbonyl (C=O) groups is 1. The maximum absolute atomic E-state index is 13.2. The standard InChI is InChI=1S/C27H18O2/c28-26(19-10-2-1-3-11-19)24-17-20-12-5-7-15-22(20)25(27(24)29)23-16-8-13-18-9-4-6-14-21(18)23/h1-17,29H. The molecule has 0 aliphatic carbocycles. The maximum Gasteiger partial charge on any atom is 0.196 e. The van der Waals surface area contributed by atoms with Gasteiger partial charge in [-0.25, -0.2) is 0 Å². The Morgan fingerprint density at radius 2 is 1.24 bits per heavy atom. The van der Waals surface area contributed by atoms with Crippen molar-refractivity contribution in [2.45, 2.75) is 0 Å². The molecule has 138 valence electrons. The van der Waals surface area contributed by atoms with Crippen molar-refractivity contribution in [1.82, 2.24) is 0 Å². The van der Waals surface area contributed by atoms with E-state index in [1.54, 1.807) is 18.2 Å². The zero-order chi connectivity index (χ0) is 19.8. The first kappa shape index (κ1) is 17.2. The van der Waals surface area contributed by atoms with Crippen LogP contribution in [0.2, 0.25) is 0 Å². The molecule has 2 heteroatoms. The van der Waals surface area contributed by atoms with Gasteiger partial charge < -0.3 is 5.11 Å². The molecule has 0 spiro atoms. The van der Waals surface area contributed by atoms with Gasteiger partial charge in [-0.15, -0.1) is 0 Å². The number of rotatable bonds is 3. The number of phenolic OH excluding ortho intramolecular Hbond substituents is 1. The topological polar surface area (TPSA) is 37.3 Å². The quantitative estimate of drug-likeness (QED) is 0.361. The summed E-state index contributed by atoms with van der Waals surface area (Å²) in [5.74, 6) is -0.163. The molecule has 0 saturated heterocycles. The van der Waals surface area contributed by atoms with E-state index in [0.29, 0.717) is 16.7 Å². The van der Waals surface area contributed by atoms with Gasteiger partial charge in [-0.05, 0) is 33.2 Å². The first-order chi connectivity index (χ1) is 14.2. The summed E-state index contributed by atoms with van der Waals surface area (Å²) < 4.78 is 0. The van der Waals surface area contributed by atoms with Gasteiger partial charge >= 0.3 is 0 Å². The van der Waals surface area contributed by atoms with Crippen molar-refractivity contribution in [3.8, 4) is 16.9 Å². The first-order valence-corrected chi connectivity index (χ1v) is 9.56. The van der Waals surface area contributed by atoms with Gasteiger partial charge in [0.1, 0.15) is 5.75 Å². The molecule has 0 heterocycles. The molecule has 0 aromatic heterocycles. The third-order valence-corrected chi connectivity index (χ3v) is 5.36. The molecular weight excluding hydrogens is 356 g/mol. The number of fused-ring (bicyclic) bond motifs is 2. The number of ketones is 1. The van der Waals surface area contributed by atoms with E-state index in [2.05, 4.69) is 12.1 Å². The fourth-order valence-electron chi connectivity index (χ4n) is 3.97. The zero-order valence-electron chi connectivity index (χ0n) is 15.7. The van der Waals surface area contributed by atoms with Crippen LogP contribution in [0, 0.1) is 0 Å². The lowest BCUT2D eigenvalue weighted by molar-refractivity contribution is 0.103. The number of carbonyl (C=O) groups excluding carboxylic acids is 1. The molecular formula is C27H18O2. The molecule has 0 unspecified atom stereocenters. The number of aromatic hydroxyl groups is 1. The molecule has 0 bridgehead atoms. The van der Waals surface area contributed by atoms with Gasteiger partial charge in [-0.1, -0.05) is 97.1 Å². The van der Waals surface area contributed by atoms with Crippen LogP contribution in [0.25, 0.3) is 32.7 Å². The third kappa shape index (κ3) is 2.86. The Morgan fingerprint density at radius 3 is 2.03 bits per heavy atom. The van der Waals surface area contributed by atoms with Crippen molar-refractivity contribution in [2.24, 2.45) is 0 Å². The van der Waals surface area contributed by atoms with Gasteiger partial charge in [-0.3, -0.25) is 4.79 Å². The van der Waals surface area contributed by atoms with Crippen LogP contribution in [0.5, 0.6) is 5.75 Å². The van der Waals surface area contributed by atoms with Gasteiger partial charge in [0.2, 0.25) is 0 Å². The number of benzene rings is 5. The van der Waals surface area contributed by atoms with Crippen molar-refractivity contribution >= 4 is 27.3 Å². The van der Waals surface area contributed by atoms with Crippen molar-refractivity contribution in [3.05, 3.63) is 114 Å². The number of hydrogen-bond acceptors (Lipinski definition) is 2. The molecule has 0 atom stereocenters. The molecule has 0 amide bonds. The Hall–Kier alpha value is -3.91. The van der Waals surface area contributed by atoms with Crippen molar-refractivity contribution in [3.63, 3.8) is 0 Å². The van der Waals surface area contributed by atoms with Gasteiger partial charge in [-0.2, -0.15) is 0 Å². The van der Waals surface area contributed by atoms with E-state index in [1.165, 1.54) is 0 Å². The smallest absolute Gasteiger partial charge is 0.196 e. The monoisotopic (exact) mass is 374 g/mol. The summed E-state index contributed by atoms with van der Waals surface area (Å²) >= 11 is 0. The van der Waals surface area contributed by atoms with Gasteiger partial charge in [0.25, 0.3) is 0 Å². The SMILES string of the molecule is O=C(c1ccccc1)c1cc2ccccc2c(-c2cccc3ccccc23)c1O. The molecule has 2 nitrogen and oxygen atoms in total. The van der Waals surface area contributed by atoms with E-state index < -0.39 is 0 Å². The molecule has 0 saturated carbocycles. The normalized spacial score (nSPS) is 11.0. The zero-order valence-corrected chi connectivity index (χ0v) is 15.7. The van der Waals surface area contributed by atoms with Gasteiger partial charge in [0.15, 0.2) is 5.78 Å². The molecule has 5 aromatic carbocycles. The summed E-state index contributed by atoms with van der Waals surface area (Å²) in [5, 5.41) is 15.3. The van der Waals surface area contributed by atoms with E-state index in [4.69, 9.17) is 0 Å². The summed E-state index contributed by atoms with van der Waals surface area (Å²) in [7, 11) is 0. The van der Waals surface area contributed by atoms with E-state index in [1.807, 2.05) is 72.8 Å². The second-order valence-electron chi connectivity index (χ2n) is 7.09. The summed E-state index contributed by atoms with van der Waals surface area (Å²) in [5.41, 5.74) is 2.48. The molecule has 0 aliphatic heterocycles. The van der Waals surface area contributed by atoms with Crippen LogP contribution >= 0.6 is 0 Å². The van der Waals surface area contributed by atoms with Crippen molar-refractivity contribution in [2.75, 3.05) is 0 Å². The van der Waals surface area contributed by atoms with Crippen LogP contribution in [0.4, 0.5) is 0 Å². The first-order valence-electron chi connectivity index (χ1n) is 9.56. The van der Waals surface area contributed by atoms with Crippen LogP contribution in [0.1, 0.15) is 15.9 Å². The third-order valence-electron chi connectivity index (χ3n) is 5.36. The highest BCUT2D eigenvalue weighted by Gasteiger charge is 2.21. The number of phenols is 1. The number of hydrogen-bond donors (Lipinski definition) is 1. The minimum Gasteiger partial charge on any atom is -0.507 e. The highest BCUT2D eigenvalue weighted by atomic mass is 16.3. The molecule has 5 rings (SSSR count). The molecule has 0 aliphatic rings. The Balaban J connectivity index is 1.86. The molecule has 0 radical (unpaired) electrons. The summed E-state index contributed by atoms with van der Waals surface area (Å²) in [4.78, 5) is 13.2. The van der Waals surface area contributed by atoms with Crippen molar-refractivity contribution in [1.29, 1.82) is 0 Å². The molecule has 29 heavy (non-hydrogen) atoms. The Morgan fingerprint density at radius 1 is 0.621 bits per heavy atom. The fraction of sp³-hybridized carbons (Fsp3) is 0. The molecule has 0 fully saturated rings.